The van der Waals surface area contributed by atoms with Crippen LogP contribution in [0.1, 0.15) is 25.7 Å². The van der Waals surface area contributed by atoms with Crippen LogP contribution >= 0.6 is 22.7 Å². The summed E-state index contributed by atoms with van der Waals surface area (Å²) in [5.74, 6) is 4.67. The maximum Gasteiger partial charge on any atom is 0.0325 e. The molecule has 0 nitrogen and oxygen atoms in total. The van der Waals surface area contributed by atoms with E-state index in [1.165, 1.54) is 12.2 Å². The number of thioether (sulfide) groups is 1. The molecule has 0 saturated carbocycles. The number of hydrogen-bond donors (Lipinski definition) is 1. The van der Waals surface area contributed by atoms with E-state index < -0.39 is 0 Å². The number of hydrogen-bond acceptors (Lipinski definition) is 1. The highest BCUT2D eigenvalue weighted by molar-refractivity contribution is 8.27. The molecule has 2 heterocycles. The minimum atomic E-state index is 0.517. The molecular weight excluding hydrogens is 160 g/mol. The molecule has 2 saturated heterocycles. The lowest BCUT2D eigenvalue weighted by Gasteiger charge is -2.20. The fourth-order valence-corrected chi connectivity index (χ4v) is 7.22. The first-order valence-electron chi connectivity index (χ1n) is 4.32. The molecule has 60 valence electrons. The molecule has 2 aliphatic heterocycles. The first-order chi connectivity index (χ1) is 4.97. The van der Waals surface area contributed by atoms with E-state index in [0.717, 1.165) is 4.58 Å². The summed E-state index contributed by atoms with van der Waals surface area (Å²) in [7, 11) is 0.517. The van der Waals surface area contributed by atoms with Crippen molar-refractivity contribution in [3.8, 4) is 0 Å². The molecular formula is C8H16S2. The van der Waals surface area contributed by atoms with Crippen LogP contribution in [-0.4, -0.2) is 21.8 Å². The molecule has 0 spiro atoms. The van der Waals surface area contributed by atoms with E-state index in [2.05, 4.69) is 11.8 Å². The van der Waals surface area contributed by atoms with Gasteiger partial charge in [-0.25, -0.2) is 10.9 Å². The molecule has 0 N–H and O–H groups in total. The van der Waals surface area contributed by atoms with Gasteiger partial charge >= 0.3 is 0 Å². The molecule has 0 radical (unpaired) electrons. The average Bonchev–Trinajstić information content (AvgIpc) is 2.59. The summed E-state index contributed by atoms with van der Waals surface area (Å²) in [5, 5.41) is 0. The minimum Gasteiger partial charge on any atom is -0.242 e. The van der Waals surface area contributed by atoms with Gasteiger partial charge in [-0.2, -0.15) is 0 Å². The van der Waals surface area contributed by atoms with Crippen molar-refractivity contribution in [3.05, 3.63) is 0 Å². The Kier molecular flexibility index (Phi) is 2.50. The molecule has 0 aromatic heterocycles. The molecule has 1 unspecified atom stereocenters. The van der Waals surface area contributed by atoms with Crippen molar-refractivity contribution in [1.82, 2.24) is 0 Å². The van der Waals surface area contributed by atoms with E-state index >= 15 is 0 Å². The molecule has 2 rings (SSSR count). The maximum absolute atomic E-state index is 2.27. The molecule has 0 aromatic carbocycles. The highest BCUT2D eigenvalue weighted by Gasteiger charge is 2.24. The minimum absolute atomic E-state index is 0.517. The van der Waals surface area contributed by atoms with Crippen LogP contribution in [0.3, 0.4) is 0 Å². The fourth-order valence-electron chi connectivity index (χ4n) is 1.88. The van der Waals surface area contributed by atoms with Gasteiger partial charge in [0.2, 0.25) is 0 Å². The third-order valence-corrected chi connectivity index (χ3v) is 7.79. The topological polar surface area (TPSA) is 0 Å². The van der Waals surface area contributed by atoms with Crippen LogP contribution in [0, 0.1) is 0 Å². The SMILES string of the molecule is C1CSC([SH]2CCCC2)C1. The zero-order chi connectivity index (χ0) is 6.81. The van der Waals surface area contributed by atoms with Gasteiger partial charge in [0.05, 0.1) is 0 Å². The number of rotatable bonds is 1. The van der Waals surface area contributed by atoms with Gasteiger partial charge in [-0.05, 0) is 42.9 Å². The summed E-state index contributed by atoms with van der Waals surface area (Å²) in [6.07, 6.45) is 6.15. The summed E-state index contributed by atoms with van der Waals surface area (Å²) < 4.78 is 1.14. The first kappa shape index (κ1) is 7.35. The molecule has 0 aromatic rings. The highest BCUT2D eigenvalue weighted by Crippen LogP contribution is 2.49. The molecule has 0 bridgehead atoms. The molecule has 0 amide bonds. The van der Waals surface area contributed by atoms with Crippen molar-refractivity contribution in [2.45, 2.75) is 30.3 Å². The van der Waals surface area contributed by atoms with Gasteiger partial charge < -0.3 is 0 Å². The van der Waals surface area contributed by atoms with Gasteiger partial charge in [-0.1, -0.05) is 0 Å². The van der Waals surface area contributed by atoms with E-state index in [1.807, 2.05) is 0 Å². The third-order valence-electron chi connectivity index (χ3n) is 2.45. The Morgan fingerprint density at radius 1 is 1.10 bits per heavy atom. The van der Waals surface area contributed by atoms with Crippen molar-refractivity contribution >= 4 is 22.7 Å². The molecule has 10 heavy (non-hydrogen) atoms. The Bertz CT molecular complexity index is 87.8. The smallest absolute Gasteiger partial charge is 0.0325 e. The van der Waals surface area contributed by atoms with Gasteiger partial charge in [0.1, 0.15) is 0 Å². The van der Waals surface area contributed by atoms with Gasteiger partial charge in [0.25, 0.3) is 0 Å². The average molecular weight is 176 g/mol. The summed E-state index contributed by atoms with van der Waals surface area (Å²) in [5.41, 5.74) is 0. The van der Waals surface area contributed by atoms with E-state index in [1.54, 1.807) is 30.8 Å². The quantitative estimate of drug-likeness (QED) is 0.599. The van der Waals surface area contributed by atoms with E-state index in [0.29, 0.717) is 10.9 Å². The summed E-state index contributed by atoms with van der Waals surface area (Å²) >= 11 is 2.27. The van der Waals surface area contributed by atoms with Crippen LogP contribution in [0.2, 0.25) is 0 Å². The van der Waals surface area contributed by atoms with Crippen molar-refractivity contribution in [3.63, 3.8) is 0 Å². The van der Waals surface area contributed by atoms with Crippen molar-refractivity contribution in [2.75, 3.05) is 17.3 Å². The first-order valence-corrected chi connectivity index (χ1v) is 7.15. The second-order valence-electron chi connectivity index (χ2n) is 3.21. The Balaban J connectivity index is 1.85. The van der Waals surface area contributed by atoms with Crippen molar-refractivity contribution in [2.24, 2.45) is 0 Å². The molecule has 1 atom stereocenters. The standard InChI is InChI=1S/C8H16S2/c1-2-7-10(6-1)8-4-3-5-9-8/h8,10H,1-7H2. The van der Waals surface area contributed by atoms with E-state index in [9.17, 15) is 0 Å². The summed E-state index contributed by atoms with van der Waals surface area (Å²) in [6, 6.07) is 0. The normalized spacial score (nSPS) is 37.2. The van der Waals surface area contributed by atoms with Crippen LogP contribution in [0.4, 0.5) is 0 Å². The molecule has 2 aliphatic rings. The largest absolute Gasteiger partial charge is 0.242 e. The van der Waals surface area contributed by atoms with Crippen LogP contribution in [-0.2, 0) is 0 Å². The van der Waals surface area contributed by atoms with Crippen LogP contribution in [0.5, 0.6) is 0 Å². The van der Waals surface area contributed by atoms with Crippen LogP contribution < -0.4 is 0 Å². The second-order valence-corrected chi connectivity index (χ2v) is 7.57. The Morgan fingerprint density at radius 2 is 1.90 bits per heavy atom. The van der Waals surface area contributed by atoms with Crippen molar-refractivity contribution < 1.29 is 0 Å². The molecule has 2 heteroatoms. The lowest BCUT2D eigenvalue weighted by molar-refractivity contribution is 0.921. The lowest BCUT2D eigenvalue weighted by atomic mass is 10.4. The van der Waals surface area contributed by atoms with E-state index in [-0.39, 0.29) is 0 Å². The van der Waals surface area contributed by atoms with Gasteiger partial charge in [0, 0.05) is 4.58 Å². The van der Waals surface area contributed by atoms with E-state index in [4.69, 9.17) is 0 Å². The third kappa shape index (κ3) is 1.48. The fraction of sp³-hybridized carbons (Fsp3) is 1.00. The predicted molar refractivity (Wildman–Crippen MR) is 53.4 cm³/mol. The van der Waals surface area contributed by atoms with Gasteiger partial charge in [0.15, 0.2) is 0 Å². The zero-order valence-electron chi connectivity index (χ0n) is 6.38. The number of thiol groups is 1. The summed E-state index contributed by atoms with van der Waals surface area (Å²) in [4.78, 5) is 0. The summed E-state index contributed by atoms with van der Waals surface area (Å²) in [6.45, 7) is 0. The van der Waals surface area contributed by atoms with Gasteiger partial charge in [-0.3, -0.25) is 0 Å². The molecule has 2 fully saturated rings. The predicted octanol–water partition coefficient (Wildman–Crippen LogP) is 2.63. The van der Waals surface area contributed by atoms with Gasteiger partial charge in [-0.15, -0.1) is 11.8 Å². The second kappa shape index (κ2) is 3.40. The lowest BCUT2D eigenvalue weighted by Crippen LogP contribution is -1.99. The van der Waals surface area contributed by atoms with Crippen molar-refractivity contribution in [1.29, 1.82) is 0 Å². The Hall–Kier alpha value is 0.700. The monoisotopic (exact) mass is 176 g/mol. The zero-order valence-corrected chi connectivity index (χ0v) is 8.09. The van der Waals surface area contributed by atoms with Crippen LogP contribution in [0.15, 0.2) is 0 Å². The Morgan fingerprint density at radius 3 is 2.50 bits per heavy atom. The highest BCUT2D eigenvalue weighted by atomic mass is 32.2. The maximum atomic E-state index is 2.27. The Labute approximate surface area is 70.5 Å². The molecule has 0 aliphatic carbocycles. The van der Waals surface area contributed by atoms with Crippen LogP contribution in [0.25, 0.3) is 0 Å².